The summed E-state index contributed by atoms with van der Waals surface area (Å²) in [7, 11) is 0. The van der Waals surface area contributed by atoms with Crippen molar-refractivity contribution in [1.29, 1.82) is 0 Å². The van der Waals surface area contributed by atoms with Gasteiger partial charge in [0.1, 0.15) is 5.82 Å². The third kappa shape index (κ3) is 2.23. The van der Waals surface area contributed by atoms with Crippen LogP contribution in [0.25, 0.3) is 5.57 Å². The molecular weight excluding hydrogens is 175 g/mol. The van der Waals surface area contributed by atoms with E-state index in [1.165, 1.54) is 6.07 Å². The van der Waals surface area contributed by atoms with Crippen molar-refractivity contribution in [2.45, 2.75) is 20.3 Å². The van der Waals surface area contributed by atoms with Gasteiger partial charge in [0.25, 0.3) is 0 Å². The van der Waals surface area contributed by atoms with Gasteiger partial charge in [-0.15, -0.1) is 5.92 Å². The Morgan fingerprint density at radius 3 is 2.71 bits per heavy atom. The highest BCUT2D eigenvalue weighted by Crippen LogP contribution is 2.17. The Balaban J connectivity index is 3.10. The Morgan fingerprint density at radius 1 is 1.50 bits per heavy atom. The number of hydrogen-bond donors (Lipinski definition) is 0. The molecule has 1 aromatic rings. The van der Waals surface area contributed by atoms with Gasteiger partial charge in [0, 0.05) is 11.1 Å². The molecule has 72 valence electrons. The van der Waals surface area contributed by atoms with Gasteiger partial charge < -0.3 is 0 Å². The van der Waals surface area contributed by atoms with Crippen molar-refractivity contribution >= 4 is 5.57 Å². The molecule has 0 atom stereocenters. The van der Waals surface area contributed by atoms with Gasteiger partial charge in [-0.25, -0.2) is 4.39 Å². The van der Waals surface area contributed by atoms with E-state index in [2.05, 4.69) is 18.4 Å². The molecule has 0 bridgehead atoms. The molecule has 0 heterocycles. The fraction of sp³-hybridized carbons (Fsp3) is 0.231. The Morgan fingerprint density at radius 2 is 2.21 bits per heavy atom. The fourth-order valence-electron chi connectivity index (χ4n) is 1.24. The van der Waals surface area contributed by atoms with E-state index in [0.29, 0.717) is 11.1 Å². The second kappa shape index (κ2) is 4.62. The van der Waals surface area contributed by atoms with Crippen LogP contribution in [0.4, 0.5) is 4.39 Å². The number of benzene rings is 1. The van der Waals surface area contributed by atoms with E-state index < -0.39 is 0 Å². The summed E-state index contributed by atoms with van der Waals surface area (Å²) in [5.41, 5.74) is 2.02. The lowest BCUT2D eigenvalue weighted by Gasteiger charge is -2.03. The Labute approximate surface area is 84.5 Å². The monoisotopic (exact) mass is 188 g/mol. The maximum absolute atomic E-state index is 13.5. The lowest BCUT2D eigenvalue weighted by atomic mass is 10.0. The van der Waals surface area contributed by atoms with E-state index in [4.69, 9.17) is 0 Å². The summed E-state index contributed by atoms with van der Waals surface area (Å²) >= 11 is 0. The molecule has 1 aromatic carbocycles. The SMILES string of the molecule is C=C(C#CC)c1ccc(CC)cc1F. The summed E-state index contributed by atoms with van der Waals surface area (Å²) in [5.74, 6) is 5.22. The minimum atomic E-state index is -0.239. The van der Waals surface area contributed by atoms with Crippen LogP contribution in [0.15, 0.2) is 24.8 Å². The molecule has 14 heavy (non-hydrogen) atoms. The minimum absolute atomic E-state index is 0.239. The van der Waals surface area contributed by atoms with Crippen LogP contribution in [0.2, 0.25) is 0 Å². The predicted molar refractivity (Wildman–Crippen MR) is 58.3 cm³/mol. The Bertz CT molecular complexity index is 405. The zero-order chi connectivity index (χ0) is 10.6. The topological polar surface area (TPSA) is 0 Å². The van der Waals surface area contributed by atoms with E-state index in [9.17, 15) is 4.39 Å². The van der Waals surface area contributed by atoms with Gasteiger partial charge in [-0.1, -0.05) is 31.6 Å². The van der Waals surface area contributed by atoms with Crippen LogP contribution >= 0.6 is 0 Å². The van der Waals surface area contributed by atoms with Crippen molar-refractivity contribution in [3.63, 3.8) is 0 Å². The van der Waals surface area contributed by atoms with E-state index in [0.717, 1.165) is 12.0 Å². The van der Waals surface area contributed by atoms with Crippen LogP contribution < -0.4 is 0 Å². The summed E-state index contributed by atoms with van der Waals surface area (Å²) in [6, 6.07) is 5.18. The van der Waals surface area contributed by atoms with Crippen molar-refractivity contribution in [1.82, 2.24) is 0 Å². The number of halogens is 1. The van der Waals surface area contributed by atoms with Crippen LogP contribution in [0.3, 0.4) is 0 Å². The summed E-state index contributed by atoms with van der Waals surface area (Å²) in [4.78, 5) is 0. The number of aryl methyl sites for hydroxylation is 1. The molecule has 1 heteroatoms. The highest BCUT2D eigenvalue weighted by Gasteiger charge is 2.04. The quantitative estimate of drug-likeness (QED) is 0.624. The van der Waals surface area contributed by atoms with Gasteiger partial charge in [0.05, 0.1) is 0 Å². The Hall–Kier alpha value is -1.55. The average molecular weight is 188 g/mol. The third-order valence-electron chi connectivity index (χ3n) is 2.04. The highest BCUT2D eigenvalue weighted by molar-refractivity contribution is 5.77. The summed E-state index contributed by atoms with van der Waals surface area (Å²) in [6.07, 6.45) is 0.836. The maximum Gasteiger partial charge on any atom is 0.131 e. The molecule has 0 aliphatic heterocycles. The van der Waals surface area contributed by atoms with Gasteiger partial charge in [0.2, 0.25) is 0 Å². The Kier molecular flexibility index (Phi) is 3.48. The normalized spacial score (nSPS) is 9.07. The van der Waals surface area contributed by atoms with Gasteiger partial charge in [-0.3, -0.25) is 0 Å². The first-order chi connectivity index (χ1) is 6.69. The van der Waals surface area contributed by atoms with Gasteiger partial charge in [-0.05, 0) is 25.0 Å². The molecule has 1 rings (SSSR count). The number of hydrogen-bond acceptors (Lipinski definition) is 0. The van der Waals surface area contributed by atoms with E-state index in [1.54, 1.807) is 13.0 Å². The molecule has 0 N–H and O–H groups in total. The second-order valence-corrected chi connectivity index (χ2v) is 3.02. The molecule has 0 unspecified atom stereocenters. The first kappa shape index (κ1) is 10.5. The number of allylic oxidation sites excluding steroid dienone is 1. The molecule has 0 saturated heterocycles. The molecule has 0 amide bonds. The van der Waals surface area contributed by atoms with Gasteiger partial charge >= 0.3 is 0 Å². The highest BCUT2D eigenvalue weighted by atomic mass is 19.1. The van der Waals surface area contributed by atoms with Gasteiger partial charge in [0.15, 0.2) is 0 Å². The lowest BCUT2D eigenvalue weighted by molar-refractivity contribution is 0.622. The predicted octanol–water partition coefficient (Wildman–Crippen LogP) is 3.42. The van der Waals surface area contributed by atoms with Crippen LogP contribution in [0, 0.1) is 17.7 Å². The molecule has 0 aliphatic carbocycles. The fourth-order valence-corrected chi connectivity index (χ4v) is 1.24. The maximum atomic E-state index is 13.5. The molecule has 0 radical (unpaired) electrons. The van der Waals surface area contributed by atoms with Crippen molar-refractivity contribution in [2.24, 2.45) is 0 Å². The largest absolute Gasteiger partial charge is 0.206 e. The van der Waals surface area contributed by atoms with E-state index in [-0.39, 0.29) is 5.82 Å². The molecule has 0 saturated carbocycles. The molecule has 0 aliphatic rings. The standard InChI is InChI=1S/C13H13F/c1-4-6-10(3)12-8-7-11(5-2)9-13(12)14/h7-9H,3,5H2,1-2H3. The van der Waals surface area contributed by atoms with Gasteiger partial charge in [-0.2, -0.15) is 0 Å². The van der Waals surface area contributed by atoms with Crippen molar-refractivity contribution < 1.29 is 4.39 Å². The van der Waals surface area contributed by atoms with Crippen molar-refractivity contribution in [2.75, 3.05) is 0 Å². The van der Waals surface area contributed by atoms with E-state index in [1.807, 2.05) is 13.0 Å². The average Bonchev–Trinajstić information content (AvgIpc) is 2.17. The molecular formula is C13H13F. The molecule has 0 spiro atoms. The first-order valence-electron chi connectivity index (χ1n) is 4.59. The van der Waals surface area contributed by atoms with Crippen LogP contribution in [0.1, 0.15) is 25.0 Å². The van der Waals surface area contributed by atoms with Crippen LogP contribution in [-0.2, 0) is 6.42 Å². The second-order valence-electron chi connectivity index (χ2n) is 3.02. The summed E-state index contributed by atoms with van der Waals surface area (Å²) in [6.45, 7) is 7.42. The third-order valence-corrected chi connectivity index (χ3v) is 2.04. The minimum Gasteiger partial charge on any atom is -0.206 e. The lowest BCUT2D eigenvalue weighted by Crippen LogP contribution is -1.90. The zero-order valence-corrected chi connectivity index (χ0v) is 8.52. The zero-order valence-electron chi connectivity index (χ0n) is 8.52. The summed E-state index contributed by atoms with van der Waals surface area (Å²) in [5, 5.41) is 0. The molecule has 0 fully saturated rings. The van der Waals surface area contributed by atoms with Crippen molar-refractivity contribution in [3.05, 3.63) is 41.7 Å². The van der Waals surface area contributed by atoms with E-state index >= 15 is 0 Å². The first-order valence-corrected chi connectivity index (χ1v) is 4.59. The smallest absolute Gasteiger partial charge is 0.131 e. The molecule has 0 aromatic heterocycles. The van der Waals surface area contributed by atoms with Crippen LogP contribution in [0.5, 0.6) is 0 Å². The number of rotatable bonds is 2. The molecule has 0 nitrogen and oxygen atoms in total. The van der Waals surface area contributed by atoms with Crippen LogP contribution in [-0.4, -0.2) is 0 Å². The summed E-state index contributed by atoms with van der Waals surface area (Å²) < 4.78 is 13.5. The van der Waals surface area contributed by atoms with Crippen molar-refractivity contribution in [3.8, 4) is 11.8 Å².